The van der Waals surface area contributed by atoms with Crippen molar-refractivity contribution in [2.24, 2.45) is 11.8 Å². The second kappa shape index (κ2) is 7.28. The Labute approximate surface area is 89.7 Å². The second-order valence-electron chi connectivity index (χ2n) is 4.80. The molecule has 0 aromatic rings. The smallest absolute Gasteiger partial charge is 0.00179 e. The third-order valence-corrected chi connectivity index (χ3v) is 3.59. The van der Waals surface area contributed by atoms with Crippen LogP contribution in [-0.4, -0.2) is 13.1 Å². The molecule has 0 radical (unpaired) electrons. The van der Waals surface area contributed by atoms with Gasteiger partial charge < -0.3 is 5.32 Å². The minimum absolute atomic E-state index is 1.01. The summed E-state index contributed by atoms with van der Waals surface area (Å²) in [5, 5.41) is 3.56. The van der Waals surface area contributed by atoms with Gasteiger partial charge in [-0.2, -0.15) is 0 Å². The standard InChI is InChI=1S/C13H27N/c1-3-5-6-7-12-8-9-13(12)11-14-10-4-2/h12-14H,3-11H2,1-2H3. The van der Waals surface area contributed by atoms with Crippen molar-refractivity contribution in [2.45, 2.75) is 58.8 Å². The molecule has 0 spiro atoms. The number of unbranched alkanes of at least 4 members (excludes halogenated alkanes) is 2. The Bertz CT molecular complexity index is 117. The third kappa shape index (κ3) is 4.00. The van der Waals surface area contributed by atoms with Crippen LogP contribution >= 0.6 is 0 Å². The Hall–Kier alpha value is -0.0400. The first kappa shape index (κ1) is 12.0. The molecule has 0 bridgehead atoms. The molecule has 84 valence electrons. The van der Waals surface area contributed by atoms with Gasteiger partial charge in [-0.05, 0) is 44.2 Å². The van der Waals surface area contributed by atoms with Crippen LogP contribution < -0.4 is 5.32 Å². The van der Waals surface area contributed by atoms with Crippen molar-refractivity contribution < 1.29 is 0 Å². The molecule has 1 rings (SSSR count). The van der Waals surface area contributed by atoms with Crippen molar-refractivity contribution in [3.05, 3.63) is 0 Å². The molecule has 0 aromatic heterocycles. The quantitative estimate of drug-likeness (QED) is 0.586. The molecule has 1 nitrogen and oxygen atoms in total. The van der Waals surface area contributed by atoms with Crippen LogP contribution in [0.2, 0.25) is 0 Å². The maximum atomic E-state index is 3.56. The van der Waals surface area contributed by atoms with Gasteiger partial charge in [-0.3, -0.25) is 0 Å². The summed E-state index contributed by atoms with van der Waals surface area (Å²) in [6.07, 6.45) is 10.0. The summed E-state index contributed by atoms with van der Waals surface area (Å²) in [4.78, 5) is 0. The molecule has 0 aromatic carbocycles. The maximum Gasteiger partial charge on any atom is -0.00179 e. The molecule has 2 atom stereocenters. The van der Waals surface area contributed by atoms with E-state index in [1.54, 1.807) is 0 Å². The van der Waals surface area contributed by atoms with Gasteiger partial charge in [0.25, 0.3) is 0 Å². The Balaban J connectivity index is 1.97. The predicted molar refractivity (Wildman–Crippen MR) is 63.5 cm³/mol. The molecule has 0 saturated heterocycles. The number of rotatable bonds is 8. The molecule has 14 heavy (non-hydrogen) atoms. The highest BCUT2D eigenvalue weighted by molar-refractivity contribution is 4.82. The summed E-state index contributed by atoms with van der Waals surface area (Å²) in [6, 6.07) is 0. The molecule has 1 heteroatoms. The highest BCUT2D eigenvalue weighted by Gasteiger charge is 2.29. The largest absolute Gasteiger partial charge is 0.316 e. The number of hydrogen-bond donors (Lipinski definition) is 1. The van der Waals surface area contributed by atoms with Crippen molar-refractivity contribution >= 4 is 0 Å². The Morgan fingerprint density at radius 2 is 1.79 bits per heavy atom. The lowest BCUT2D eigenvalue weighted by Gasteiger charge is -2.37. The van der Waals surface area contributed by atoms with Gasteiger partial charge in [-0.1, -0.05) is 39.5 Å². The summed E-state index contributed by atoms with van der Waals surface area (Å²) in [5.41, 5.74) is 0. The van der Waals surface area contributed by atoms with Crippen LogP contribution in [0.15, 0.2) is 0 Å². The zero-order valence-corrected chi connectivity index (χ0v) is 10.0. The van der Waals surface area contributed by atoms with Gasteiger partial charge in [-0.25, -0.2) is 0 Å². The molecular weight excluding hydrogens is 170 g/mol. The minimum Gasteiger partial charge on any atom is -0.316 e. The molecule has 0 amide bonds. The molecular formula is C13H27N. The van der Waals surface area contributed by atoms with Crippen molar-refractivity contribution in [1.82, 2.24) is 5.32 Å². The first-order chi connectivity index (χ1) is 6.88. The fourth-order valence-corrected chi connectivity index (χ4v) is 2.41. The summed E-state index contributed by atoms with van der Waals surface area (Å²) in [7, 11) is 0. The van der Waals surface area contributed by atoms with Crippen LogP contribution in [0.5, 0.6) is 0 Å². The van der Waals surface area contributed by atoms with Gasteiger partial charge in [0.2, 0.25) is 0 Å². The molecule has 0 aliphatic heterocycles. The molecule has 1 aliphatic carbocycles. The topological polar surface area (TPSA) is 12.0 Å². The SMILES string of the molecule is CCCCCC1CCC1CNCCC. The average molecular weight is 197 g/mol. The normalized spacial score (nSPS) is 26.1. The zero-order valence-electron chi connectivity index (χ0n) is 10.0. The van der Waals surface area contributed by atoms with Crippen molar-refractivity contribution in [1.29, 1.82) is 0 Å². The van der Waals surface area contributed by atoms with E-state index in [4.69, 9.17) is 0 Å². The van der Waals surface area contributed by atoms with Crippen LogP contribution in [-0.2, 0) is 0 Å². The lowest BCUT2D eigenvalue weighted by Crippen LogP contribution is -2.35. The Morgan fingerprint density at radius 3 is 2.36 bits per heavy atom. The molecule has 1 aliphatic rings. The van der Waals surface area contributed by atoms with E-state index in [0.29, 0.717) is 0 Å². The van der Waals surface area contributed by atoms with E-state index in [9.17, 15) is 0 Å². The van der Waals surface area contributed by atoms with Gasteiger partial charge in [0, 0.05) is 0 Å². The van der Waals surface area contributed by atoms with Crippen LogP contribution in [0.3, 0.4) is 0 Å². The van der Waals surface area contributed by atoms with E-state index in [-0.39, 0.29) is 0 Å². The molecule has 1 fully saturated rings. The van der Waals surface area contributed by atoms with Gasteiger partial charge in [0.15, 0.2) is 0 Å². The van der Waals surface area contributed by atoms with E-state index in [1.165, 1.54) is 58.0 Å². The summed E-state index contributed by atoms with van der Waals surface area (Å²) < 4.78 is 0. The minimum atomic E-state index is 1.01. The van der Waals surface area contributed by atoms with E-state index >= 15 is 0 Å². The molecule has 1 saturated carbocycles. The summed E-state index contributed by atoms with van der Waals surface area (Å²) in [5.74, 6) is 2.07. The highest BCUT2D eigenvalue weighted by Crippen LogP contribution is 2.37. The molecule has 1 N–H and O–H groups in total. The van der Waals surface area contributed by atoms with Crippen LogP contribution in [0.1, 0.15) is 58.8 Å². The maximum absolute atomic E-state index is 3.56. The van der Waals surface area contributed by atoms with Crippen LogP contribution in [0, 0.1) is 11.8 Å². The van der Waals surface area contributed by atoms with E-state index in [2.05, 4.69) is 19.2 Å². The van der Waals surface area contributed by atoms with Crippen LogP contribution in [0.4, 0.5) is 0 Å². The zero-order chi connectivity index (χ0) is 10.2. The Morgan fingerprint density at radius 1 is 1.00 bits per heavy atom. The number of hydrogen-bond acceptors (Lipinski definition) is 1. The fourth-order valence-electron chi connectivity index (χ4n) is 2.41. The molecule has 0 heterocycles. The van der Waals surface area contributed by atoms with Gasteiger partial charge in [-0.15, -0.1) is 0 Å². The van der Waals surface area contributed by atoms with Gasteiger partial charge in [0.1, 0.15) is 0 Å². The first-order valence-corrected chi connectivity index (χ1v) is 6.59. The molecule has 2 unspecified atom stereocenters. The van der Waals surface area contributed by atoms with Crippen molar-refractivity contribution in [2.75, 3.05) is 13.1 Å². The second-order valence-corrected chi connectivity index (χ2v) is 4.80. The van der Waals surface area contributed by atoms with E-state index in [1.807, 2.05) is 0 Å². The van der Waals surface area contributed by atoms with Crippen molar-refractivity contribution in [3.63, 3.8) is 0 Å². The first-order valence-electron chi connectivity index (χ1n) is 6.59. The lowest BCUT2D eigenvalue weighted by molar-refractivity contribution is 0.156. The van der Waals surface area contributed by atoms with Crippen molar-refractivity contribution in [3.8, 4) is 0 Å². The average Bonchev–Trinajstić information content (AvgIpc) is 2.17. The summed E-state index contributed by atoms with van der Waals surface area (Å²) in [6.45, 7) is 7.02. The summed E-state index contributed by atoms with van der Waals surface area (Å²) >= 11 is 0. The van der Waals surface area contributed by atoms with Gasteiger partial charge >= 0.3 is 0 Å². The van der Waals surface area contributed by atoms with Gasteiger partial charge in [0.05, 0.1) is 0 Å². The number of nitrogens with one attached hydrogen (secondary N) is 1. The fraction of sp³-hybridized carbons (Fsp3) is 1.00. The third-order valence-electron chi connectivity index (χ3n) is 3.59. The lowest BCUT2D eigenvalue weighted by atomic mass is 9.71. The van der Waals surface area contributed by atoms with E-state index < -0.39 is 0 Å². The monoisotopic (exact) mass is 197 g/mol. The Kier molecular flexibility index (Phi) is 6.25. The highest BCUT2D eigenvalue weighted by atomic mass is 14.9. The van der Waals surface area contributed by atoms with E-state index in [0.717, 1.165) is 11.8 Å². The van der Waals surface area contributed by atoms with Crippen LogP contribution in [0.25, 0.3) is 0 Å². The predicted octanol–water partition coefficient (Wildman–Crippen LogP) is 3.59.